The summed E-state index contributed by atoms with van der Waals surface area (Å²) in [4.78, 5) is 10.6. The number of aldehydes is 1. The zero-order chi connectivity index (χ0) is 9.26. The number of carbonyl (C=O) groups is 1. The van der Waals surface area contributed by atoms with Crippen LogP contribution in [0.5, 0.6) is 0 Å². The molecule has 0 aromatic carbocycles. The topological polar surface area (TPSA) is 60.2 Å². The Kier molecular flexibility index (Phi) is 2.26. The Morgan fingerprint density at radius 2 is 2.54 bits per heavy atom. The molecule has 4 nitrogen and oxygen atoms in total. The van der Waals surface area contributed by atoms with Crippen molar-refractivity contribution in [2.75, 3.05) is 11.5 Å². The molecule has 1 aliphatic heterocycles. The SMILES string of the molecule is O=Cc1cnoc1C1CCS(=O)C1. The van der Waals surface area contributed by atoms with E-state index in [0.717, 1.165) is 12.7 Å². The Morgan fingerprint density at radius 3 is 3.15 bits per heavy atom. The van der Waals surface area contributed by atoms with Crippen molar-refractivity contribution in [3.8, 4) is 0 Å². The summed E-state index contributed by atoms with van der Waals surface area (Å²) >= 11 is 0. The highest BCUT2D eigenvalue weighted by molar-refractivity contribution is 7.85. The molecule has 0 aliphatic carbocycles. The number of hydrogen-bond donors (Lipinski definition) is 0. The lowest BCUT2D eigenvalue weighted by Crippen LogP contribution is -1.99. The van der Waals surface area contributed by atoms with Gasteiger partial charge in [0.25, 0.3) is 0 Å². The minimum Gasteiger partial charge on any atom is -0.360 e. The van der Waals surface area contributed by atoms with E-state index in [9.17, 15) is 9.00 Å². The first kappa shape index (κ1) is 8.62. The van der Waals surface area contributed by atoms with Crippen LogP contribution in [-0.4, -0.2) is 27.2 Å². The minimum absolute atomic E-state index is 0.114. The van der Waals surface area contributed by atoms with E-state index in [2.05, 4.69) is 5.16 Å². The van der Waals surface area contributed by atoms with Crippen molar-refractivity contribution in [1.29, 1.82) is 0 Å². The Hall–Kier alpha value is -0.970. The van der Waals surface area contributed by atoms with Gasteiger partial charge in [-0.25, -0.2) is 0 Å². The molecular weight excluding hydrogens is 190 g/mol. The summed E-state index contributed by atoms with van der Waals surface area (Å²) in [7, 11) is -0.751. The normalized spacial score (nSPS) is 27.7. The molecule has 0 amide bonds. The van der Waals surface area contributed by atoms with Crippen molar-refractivity contribution < 1.29 is 13.5 Å². The summed E-state index contributed by atoms with van der Waals surface area (Å²) in [5, 5.41) is 3.56. The smallest absolute Gasteiger partial charge is 0.155 e. The van der Waals surface area contributed by atoms with E-state index >= 15 is 0 Å². The highest BCUT2D eigenvalue weighted by Gasteiger charge is 2.27. The first-order valence-corrected chi connectivity index (χ1v) is 5.55. The van der Waals surface area contributed by atoms with Crippen molar-refractivity contribution in [1.82, 2.24) is 5.16 Å². The lowest BCUT2D eigenvalue weighted by atomic mass is 10.0. The fourth-order valence-corrected chi connectivity index (χ4v) is 3.01. The first-order valence-electron chi connectivity index (χ1n) is 4.06. The second-order valence-electron chi connectivity index (χ2n) is 3.06. The van der Waals surface area contributed by atoms with Gasteiger partial charge >= 0.3 is 0 Å². The maximum Gasteiger partial charge on any atom is 0.155 e. The summed E-state index contributed by atoms with van der Waals surface area (Å²) in [6.07, 6.45) is 2.96. The number of nitrogens with zero attached hydrogens (tertiary/aromatic N) is 1. The van der Waals surface area contributed by atoms with Crippen LogP contribution in [0.25, 0.3) is 0 Å². The Bertz CT molecular complexity index is 347. The number of carbonyl (C=O) groups excluding carboxylic acids is 1. The Labute approximate surface area is 77.8 Å². The molecule has 70 valence electrons. The molecule has 2 rings (SSSR count). The average molecular weight is 199 g/mol. The van der Waals surface area contributed by atoms with Crippen LogP contribution in [0.15, 0.2) is 10.7 Å². The van der Waals surface area contributed by atoms with Gasteiger partial charge in [0.05, 0.1) is 11.8 Å². The van der Waals surface area contributed by atoms with E-state index in [-0.39, 0.29) is 5.92 Å². The molecule has 2 atom stereocenters. The maximum atomic E-state index is 11.1. The molecule has 0 N–H and O–H groups in total. The third-order valence-corrected chi connectivity index (χ3v) is 3.67. The lowest BCUT2D eigenvalue weighted by molar-refractivity contribution is 0.112. The monoisotopic (exact) mass is 199 g/mol. The molecule has 0 spiro atoms. The fourth-order valence-electron chi connectivity index (χ4n) is 1.53. The quantitative estimate of drug-likeness (QED) is 0.658. The van der Waals surface area contributed by atoms with Gasteiger partial charge in [-0.05, 0) is 6.42 Å². The molecule has 2 heterocycles. The van der Waals surface area contributed by atoms with Crippen LogP contribution in [0.3, 0.4) is 0 Å². The first-order chi connectivity index (χ1) is 6.31. The molecule has 0 saturated carbocycles. The molecular formula is C8H9NO3S. The van der Waals surface area contributed by atoms with Gasteiger partial charge in [-0.1, -0.05) is 5.16 Å². The molecule has 1 saturated heterocycles. The zero-order valence-corrected chi connectivity index (χ0v) is 7.75. The highest BCUT2D eigenvalue weighted by atomic mass is 32.2. The Balaban J connectivity index is 2.25. The van der Waals surface area contributed by atoms with Gasteiger partial charge in [0.1, 0.15) is 0 Å². The highest BCUT2D eigenvalue weighted by Crippen LogP contribution is 2.28. The predicted octanol–water partition coefficient (Wildman–Crippen LogP) is 0.723. The van der Waals surface area contributed by atoms with Crippen LogP contribution in [0, 0.1) is 0 Å². The van der Waals surface area contributed by atoms with E-state index in [1.54, 1.807) is 0 Å². The third kappa shape index (κ3) is 1.56. The third-order valence-electron chi connectivity index (χ3n) is 2.21. The molecule has 2 unspecified atom stereocenters. The van der Waals surface area contributed by atoms with Gasteiger partial charge in [0, 0.05) is 28.2 Å². The van der Waals surface area contributed by atoms with Crippen molar-refractivity contribution in [2.24, 2.45) is 0 Å². The van der Waals surface area contributed by atoms with E-state index in [1.807, 2.05) is 0 Å². The summed E-state index contributed by atoms with van der Waals surface area (Å²) in [6, 6.07) is 0. The number of aromatic nitrogens is 1. The van der Waals surface area contributed by atoms with Gasteiger partial charge in [-0.2, -0.15) is 0 Å². The summed E-state index contributed by atoms with van der Waals surface area (Å²) in [6.45, 7) is 0. The number of hydrogen-bond acceptors (Lipinski definition) is 4. The predicted molar refractivity (Wildman–Crippen MR) is 47.1 cm³/mol. The Morgan fingerprint density at radius 1 is 1.69 bits per heavy atom. The molecule has 1 fully saturated rings. The van der Waals surface area contributed by atoms with Crippen LogP contribution in [-0.2, 0) is 10.8 Å². The van der Waals surface area contributed by atoms with E-state index < -0.39 is 10.8 Å². The van der Waals surface area contributed by atoms with E-state index in [4.69, 9.17) is 4.52 Å². The minimum atomic E-state index is -0.751. The van der Waals surface area contributed by atoms with Gasteiger partial charge in [0.15, 0.2) is 12.0 Å². The van der Waals surface area contributed by atoms with Crippen molar-refractivity contribution in [2.45, 2.75) is 12.3 Å². The maximum absolute atomic E-state index is 11.1. The van der Waals surface area contributed by atoms with Crippen molar-refractivity contribution in [3.05, 3.63) is 17.5 Å². The zero-order valence-electron chi connectivity index (χ0n) is 6.93. The van der Waals surface area contributed by atoms with Gasteiger partial charge in [0.2, 0.25) is 0 Å². The van der Waals surface area contributed by atoms with Crippen molar-refractivity contribution in [3.63, 3.8) is 0 Å². The average Bonchev–Trinajstić information content (AvgIpc) is 2.71. The standard InChI is InChI=1S/C8H9NO3S/c10-4-7-3-9-12-8(7)6-1-2-13(11)5-6/h3-4,6H,1-2,5H2. The summed E-state index contributed by atoms with van der Waals surface area (Å²) < 4.78 is 16.1. The second kappa shape index (κ2) is 3.41. The summed E-state index contributed by atoms with van der Waals surface area (Å²) in [5.41, 5.74) is 0.490. The second-order valence-corrected chi connectivity index (χ2v) is 4.68. The van der Waals surface area contributed by atoms with Gasteiger partial charge < -0.3 is 4.52 Å². The van der Waals surface area contributed by atoms with Crippen LogP contribution >= 0.6 is 0 Å². The summed E-state index contributed by atoms with van der Waals surface area (Å²) in [5.74, 6) is 2.00. The van der Waals surface area contributed by atoms with Crippen LogP contribution < -0.4 is 0 Å². The van der Waals surface area contributed by atoms with E-state index in [0.29, 0.717) is 22.8 Å². The molecule has 1 aliphatic rings. The molecule has 5 heteroatoms. The van der Waals surface area contributed by atoms with Gasteiger partial charge in [-0.15, -0.1) is 0 Å². The van der Waals surface area contributed by atoms with E-state index in [1.165, 1.54) is 6.20 Å². The molecule has 0 radical (unpaired) electrons. The van der Waals surface area contributed by atoms with Gasteiger partial charge in [-0.3, -0.25) is 9.00 Å². The van der Waals surface area contributed by atoms with Crippen molar-refractivity contribution >= 4 is 17.1 Å². The molecule has 1 aromatic rings. The molecule has 13 heavy (non-hydrogen) atoms. The van der Waals surface area contributed by atoms with Crippen LogP contribution in [0.4, 0.5) is 0 Å². The van der Waals surface area contributed by atoms with Crippen LogP contribution in [0.1, 0.15) is 28.5 Å². The fraction of sp³-hybridized carbons (Fsp3) is 0.500. The molecule has 1 aromatic heterocycles. The molecule has 0 bridgehead atoms. The largest absolute Gasteiger partial charge is 0.360 e. The van der Waals surface area contributed by atoms with Crippen LogP contribution in [0.2, 0.25) is 0 Å². The number of rotatable bonds is 2. The lowest BCUT2D eigenvalue weighted by Gasteiger charge is -2.01.